The van der Waals surface area contributed by atoms with Crippen molar-refractivity contribution >= 4 is 5.91 Å². The number of hydrogen-bond donors (Lipinski definition) is 1. The zero-order valence-corrected chi connectivity index (χ0v) is 16.0. The van der Waals surface area contributed by atoms with E-state index in [1.165, 1.54) is 30.4 Å². The molecule has 1 amide bonds. The molecule has 1 atom stereocenters. The molecule has 6 heteroatoms. The normalized spacial score (nSPS) is 14.3. The molecule has 0 spiro atoms. The molecule has 2 heterocycles. The lowest BCUT2D eigenvalue weighted by Crippen LogP contribution is -2.27. The molecule has 1 N–H and O–H groups in total. The van der Waals surface area contributed by atoms with Gasteiger partial charge >= 0.3 is 0 Å². The summed E-state index contributed by atoms with van der Waals surface area (Å²) in [6.45, 7) is 2.02. The van der Waals surface area contributed by atoms with Gasteiger partial charge in [0.1, 0.15) is 0 Å². The number of pyridine rings is 1. The van der Waals surface area contributed by atoms with Crippen molar-refractivity contribution in [3.05, 3.63) is 65.3 Å². The molecule has 4 rings (SSSR count). The summed E-state index contributed by atoms with van der Waals surface area (Å²) in [5, 5.41) is 7.04. The van der Waals surface area contributed by atoms with Crippen LogP contribution in [0.4, 0.5) is 0 Å². The first-order chi connectivity index (χ1) is 13.7. The predicted octanol–water partition coefficient (Wildman–Crippen LogP) is 3.82. The average Bonchev–Trinajstić information content (AvgIpc) is 3.22. The van der Waals surface area contributed by atoms with Crippen LogP contribution in [-0.4, -0.2) is 21.0 Å². The van der Waals surface area contributed by atoms with E-state index in [2.05, 4.69) is 38.6 Å². The maximum atomic E-state index is 12.4. The van der Waals surface area contributed by atoms with Gasteiger partial charge in [0.25, 0.3) is 0 Å². The summed E-state index contributed by atoms with van der Waals surface area (Å²) in [5.41, 5.74) is 4.89. The second kappa shape index (κ2) is 8.33. The van der Waals surface area contributed by atoms with Crippen LogP contribution in [0, 0.1) is 0 Å². The molecule has 1 unspecified atom stereocenters. The number of carbonyl (C=O) groups excluding carboxylic acids is 1. The van der Waals surface area contributed by atoms with Gasteiger partial charge in [-0.15, -0.1) is 0 Å². The molecule has 0 radical (unpaired) electrons. The first-order valence-electron chi connectivity index (χ1n) is 9.83. The van der Waals surface area contributed by atoms with Crippen molar-refractivity contribution < 1.29 is 9.32 Å². The van der Waals surface area contributed by atoms with Crippen LogP contribution in [0.3, 0.4) is 0 Å². The Kier molecular flexibility index (Phi) is 5.46. The highest BCUT2D eigenvalue weighted by Crippen LogP contribution is 2.25. The van der Waals surface area contributed by atoms with Crippen molar-refractivity contribution in [2.24, 2.45) is 0 Å². The Morgan fingerprint density at radius 1 is 1.14 bits per heavy atom. The molecule has 1 aliphatic rings. The Hall–Kier alpha value is -3.02. The van der Waals surface area contributed by atoms with Crippen molar-refractivity contribution in [3.63, 3.8) is 0 Å². The van der Waals surface area contributed by atoms with Gasteiger partial charge in [-0.1, -0.05) is 23.4 Å². The number of aryl methyl sites for hydroxylation is 3. The van der Waals surface area contributed by atoms with Crippen LogP contribution in [0.25, 0.3) is 11.4 Å². The number of nitrogens with one attached hydrogen (secondary N) is 1. The summed E-state index contributed by atoms with van der Waals surface area (Å²) in [6.07, 6.45) is 8.93. The van der Waals surface area contributed by atoms with Gasteiger partial charge in [0, 0.05) is 30.8 Å². The fourth-order valence-electron chi connectivity index (χ4n) is 3.61. The highest BCUT2D eigenvalue weighted by atomic mass is 16.5. The molecule has 28 heavy (non-hydrogen) atoms. The molecule has 6 nitrogen and oxygen atoms in total. The van der Waals surface area contributed by atoms with Crippen LogP contribution < -0.4 is 5.32 Å². The largest absolute Gasteiger partial charge is 0.350 e. The Morgan fingerprint density at radius 3 is 2.75 bits per heavy atom. The standard InChI is InChI=1S/C22H24N4O2/c1-15(18-7-6-16-4-2-3-5-19(16)14-18)24-20(27)8-9-21-25-22(26-28-21)17-10-12-23-13-11-17/h6-7,10-15H,2-5,8-9H2,1H3,(H,24,27). The van der Waals surface area contributed by atoms with Crippen LogP contribution >= 0.6 is 0 Å². The third kappa shape index (κ3) is 4.27. The smallest absolute Gasteiger partial charge is 0.227 e. The van der Waals surface area contributed by atoms with Gasteiger partial charge in [0.2, 0.25) is 17.6 Å². The van der Waals surface area contributed by atoms with E-state index in [0.717, 1.165) is 17.5 Å². The predicted molar refractivity (Wildman–Crippen MR) is 105 cm³/mol. The van der Waals surface area contributed by atoms with Crippen LogP contribution in [0.1, 0.15) is 54.8 Å². The number of rotatable bonds is 6. The molecule has 0 saturated carbocycles. The van der Waals surface area contributed by atoms with E-state index in [1.807, 2.05) is 19.1 Å². The lowest BCUT2D eigenvalue weighted by atomic mass is 9.89. The number of aromatic nitrogens is 3. The van der Waals surface area contributed by atoms with E-state index < -0.39 is 0 Å². The molecule has 2 aromatic heterocycles. The van der Waals surface area contributed by atoms with Crippen molar-refractivity contribution in [1.82, 2.24) is 20.4 Å². The van der Waals surface area contributed by atoms with E-state index in [0.29, 0.717) is 24.6 Å². The zero-order valence-electron chi connectivity index (χ0n) is 16.0. The van der Waals surface area contributed by atoms with Crippen LogP contribution in [0.5, 0.6) is 0 Å². The van der Waals surface area contributed by atoms with Gasteiger partial charge in [-0.05, 0) is 61.4 Å². The number of benzene rings is 1. The minimum absolute atomic E-state index is 0.0187. The van der Waals surface area contributed by atoms with Gasteiger partial charge in [0.05, 0.1) is 6.04 Å². The van der Waals surface area contributed by atoms with E-state index in [1.54, 1.807) is 12.4 Å². The van der Waals surface area contributed by atoms with Crippen molar-refractivity contribution in [1.29, 1.82) is 0 Å². The molecular formula is C22H24N4O2. The SMILES string of the molecule is CC(NC(=O)CCc1nc(-c2ccncc2)no1)c1ccc2c(c1)CCCC2. The lowest BCUT2D eigenvalue weighted by molar-refractivity contribution is -0.121. The molecule has 0 aliphatic heterocycles. The number of nitrogens with zero attached hydrogens (tertiary/aromatic N) is 3. The molecule has 0 bridgehead atoms. The summed E-state index contributed by atoms with van der Waals surface area (Å²) < 4.78 is 5.26. The molecule has 0 fully saturated rings. The second-order valence-electron chi connectivity index (χ2n) is 7.27. The fraction of sp³-hybridized carbons (Fsp3) is 0.364. The van der Waals surface area contributed by atoms with Gasteiger partial charge in [0.15, 0.2) is 0 Å². The number of fused-ring (bicyclic) bond motifs is 1. The molecule has 1 aromatic carbocycles. The number of carbonyl (C=O) groups is 1. The minimum Gasteiger partial charge on any atom is -0.350 e. The number of amides is 1. The van der Waals surface area contributed by atoms with Crippen LogP contribution in [-0.2, 0) is 24.1 Å². The summed E-state index contributed by atoms with van der Waals surface area (Å²) in [7, 11) is 0. The third-order valence-corrected chi connectivity index (χ3v) is 5.22. The first kappa shape index (κ1) is 18.3. The topological polar surface area (TPSA) is 80.9 Å². The Balaban J connectivity index is 1.31. The van der Waals surface area contributed by atoms with Crippen LogP contribution in [0.2, 0.25) is 0 Å². The van der Waals surface area contributed by atoms with Crippen molar-refractivity contribution in [3.8, 4) is 11.4 Å². The molecule has 144 valence electrons. The maximum absolute atomic E-state index is 12.4. The summed E-state index contributed by atoms with van der Waals surface area (Å²) in [5.74, 6) is 0.956. The quantitative estimate of drug-likeness (QED) is 0.707. The first-order valence-corrected chi connectivity index (χ1v) is 9.83. The summed E-state index contributed by atoms with van der Waals surface area (Å²) in [4.78, 5) is 20.7. The molecule has 3 aromatic rings. The van der Waals surface area contributed by atoms with Gasteiger partial charge in [-0.25, -0.2) is 0 Å². The molecular weight excluding hydrogens is 352 g/mol. The van der Waals surface area contributed by atoms with E-state index >= 15 is 0 Å². The monoisotopic (exact) mass is 376 g/mol. The van der Waals surface area contributed by atoms with E-state index in [4.69, 9.17) is 4.52 Å². The Labute approximate surface area is 164 Å². The van der Waals surface area contributed by atoms with Crippen molar-refractivity contribution in [2.45, 2.75) is 51.5 Å². The van der Waals surface area contributed by atoms with Gasteiger partial charge in [-0.2, -0.15) is 4.98 Å². The summed E-state index contributed by atoms with van der Waals surface area (Å²) in [6, 6.07) is 10.2. The number of hydrogen-bond acceptors (Lipinski definition) is 5. The highest BCUT2D eigenvalue weighted by Gasteiger charge is 2.15. The fourth-order valence-corrected chi connectivity index (χ4v) is 3.61. The third-order valence-electron chi connectivity index (χ3n) is 5.22. The van der Waals surface area contributed by atoms with Gasteiger partial charge < -0.3 is 9.84 Å². The molecule has 0 saturated heterocycles. The van der Waals surface area contributed by atoms with Crippen LogP contribution in [0.15, 0.2) is 47.2 Å². The lowest BCUT2D eigenvalue weighted by Gasteiger charge is -2.20. The Morgan fingerprint density at radius 2 is 1.93 bits per heavy atom. The molecule has 1 aliphatic carbocycles. The zero-order chi connectivity index (χ0) is 19.3. The highest BCUT2D eigenvalue weighted by molar-refractivity contribution is 5.76. The van der Waals surface area contributed by atoms with Gasteiger partial charge in [-0.3, -0.25) is 9.78 Å². The second-order valence-corrected chi connectivity index (χ2v) is 7.27. The Bertz CT molecular complexity index is 952. The minimum atomic E-state index is -0.0196. The van der Waals surface area contributed by atoms with E-state index in [9.17, 15) is 4.79 Å². The average molecular weight is 376 g/mol. The van der Waals surface area contributed by atoms with E-state index in [-0.39, 0.29) is 11.9 Å². The summed E-state index contributed by atoms with van der Waals surface area (Å²) >= 11 is 0. The van der Waals surface area contributed by atoms with Crippen molar-refractivity contribution in [2.75, 3.05) is 0 Å². The maximum Gasteiger partial charge on any atom is 0.227 e.